The van der Waals surface area contributed by atoms with Gasteiger partial charge in [-0.05, 0) is 34.6 Å². The van der Waals surface area contributed by atoms with Gasteiger partial charge in [-0.3, -0.25) is 4.79 Å². The van der Waals surface area contributed by atoms with Crippen LogP contribution in [0.3, 0.4) is 0 Å². The Morgan fingerprint density at radius 2 is 1.82 bits per heavy atom. The molecule has 0 aliphatic heterocycles. The van der Waals surface area contributed by atoms with Crippen molar-refractivity contribution in [3.8, 4) is 0 Å². The summed E-state index contributed by atoms with van der Waals surface area (Å²) in [6, 6.07) is -0.656. The van der Waals surface area contributed by atoms with Crippen molar-refractivity contribution in [1.82, 2.24) is 5.32 Å². The highest BCUT2D eigenvalue weighted by molar-refractivity contribution is 5.91. The molecule has 0 aromatic rings. The molecule has 0 aromatic heterocycles. The van der Waals surface area contributed by atoms with Crippen molar-refractivity contribution in [2.75, 3.05) is 0 Å². The van der Waals surface area contributed by atoms with Gasteiger partial charge in [0.15, 0.2) is 0 Å². The lowest BCUT2D eigenvalue weighted by Crippen LogP contribution is -2.41. The van der Waals surface area contributed by atoms with E-state index in [1.54, 1.807) is 45.9 Å². The van der Waals surface area contributed by atoms with E-state index < -0.39 is 17.6 Å². The summed E-state index contributed by atoms with van der Waals surface area (Å²) in [5.41, 5.74) is -0.545. The molecule has 0 aliphatic rings. The molecule has 0 heterocycles. The Labute approximate surface area is 103 Å². The summed E-state index contributed by atoms with van der Waals surface area (Å²) in [6.45, 7) is 8.79. The monoisotopic (exact) mass is 239 g/mol. The maximum Gasteiger partial charge on any atom is 0.328 e. The average molecular weight is 239 g/mol. The number of allylic oxidation sites excluding steroid dienone is 3. The van der Waals surface area contributed by atoms with Crippen LogP contribution in [0, 0.1) is 0 Å². The summed E-state index contributed by atoms with van der Waals surface area (Å²) in [6.07, 6.45) is 6.51. The highest BCUT2D eigenvalue weighted by Crippen LogP contribution is 2.08. The molecule has 0 unspecified atom stereocenters. The van der Waals surface area contributed by atoms with Crippen molar-refractivity contribution in [3.05, 3.63) is 24.3 Å². The van der Waals surface area contributed by atoms with E-state index in [2.05, 4.69) is 5.32 Å². The molecule has 17 heavy (non-hydrogen) atoms. The molecule has 0 radical (unpaired) electrons. The number of carbonyl (C=O) groups is 2. The fourth-order valence-corrected chi connectivity index (χ4v) is 0.965. The number of nitrogens with one attached hydrogen (secondary N) is 1. The Balaban J connectivity index is 4.21. The molecule has 0 spiro atoms. The lowest BCUT2D eigenvalue weighted by molar-refractivity contribution is -0.157. The van der Waals surface area contributed by atoms with Crippen LogP contribution in [0.15, 0.2) is 24.3 Å². The fraction of sp³-hybridized carbons (Fsp3) is 0.538. The van der Waals surface area contributed by atoms with E-state index in [0.29, 0.717) is 0 Å². The van der Waals surface area contributed by atoms with Gasteiger partial charge in [0, 0.05) is 6.08 Å². The van der Waals surface area contributed by atoms with Crippen molar-refractivity contribution in [3.63, 3.8) is 0 Å². The molecule has 4 heteroatoms. The van der Waals surface area contributed by atoms with Gasteiger partial charge in [0.1, 0.15) is 11.6 Å². The van der Waals surface area contributed by atoms with E-state index in [1.807, 2.05) is 6.92 Å². The Morgan fingerprint density at radius 1 is 1.24 bits per heavy atom. The lowest BCUT2D eigenvalue weighted by Gasteiger charge is -2.22. The third-order valence-electron chi connectivity index (χ3n) is 1.67. The average Bonchev–Trinajstić information content (AvgIpc) is 2.15. The van der Waals surface area contributed by atoms with Gasteiger partial charge in [-0.15, -0.1) is 0 Å². The van der Waals surface area contributed by atoms with Gasteiger partial charge < -0.3 is 10.1 Å². The van der Waals surface area contributed by atoms with E-state index in [9.17, 15) is 9.59 Å². The van der Waals surface area contributed by atoms with Gasteiger partial charge in [-0.2, -0.15) is 0 Å². The van der Waals surface area contributed by atoms with Gasteiger partial charge in [0.2, 0.25) is 5.91 Å². The van der Waals surface area contributed by atoms with Crippen LogP contribution < -0.4 is 5.32 Å². The number of hydrogen-bond donors (Lipinski definition) is 1. The number of rotatable bonds is 4. The van der Waals surface area contributed by atoms with Crippen LogP contribution >= 0.6 is 0 Å². The van der Waals surface area contributed by atoms with Crippen molar-refractivity contribution in [2.45, 2.75) is 46.3 Å². The Kier molecular flexibility index (Phi) is 6.25. The predicted octanol–water partition coefficient (Wildman–Crippen LogP) is 1.97. The SMILES string of the molecule is C/C=C/C=CC(=O)N[C@H](C)C(=O)OC(C)(C)C. The van der Waals surface area contributed by atoms with Crippen LogP contribution in [0.4, 0.5) is 0 Å². The second-order valence-electron chi connectivity index (χ2n) is 4.65. The zero-order chi connectivity index (χ0) is 13.5. The molecular formula is C13H21NO3. The minimum absolute atomic E-state index is 0.318. The number of hydrogen-bond acceptors (Lipinski definition) is 3. The smallest absolute Gasteiger partial charge is 0.328 e. The van der Waals surface area contributed by atoms with Crippen LogP contribution in [0.1, 0.15) is 34.6 Å². The molecule has 0 aromatic carbocycles. The summed E-state index contributed by atoms with van der Waals surface area (Å²) in [7, 11) is 0. The number of carbonyl (C=O) groups excluding carboxylic acids is 2. The summed E-state index contributed by atoms with van der Waals surface area (Å²) < 4.78 is 5.13. The first kappa shape index (κ1) is 15.4. The maximum atomic E-state index is 11.5. The van der Waals surface area contributed by atoms with E-state index in [1.165, 1.54) is 6.08 Å². The molecule has 96 valence electrons. The zero-order valence-electron chi connectivity index (χ0n) is 11.1. The Bertz CT molecular complexity index is 324. The summed E-state index contributed by atoms with van der Waals surface area (Å²) in [4.78, 5) is 22.9. The molecule has 0 bridgehead atoms. The van der Waals surface area contributed by atoms with Gasteiger partial charge in [-0.1, -0.05) is 18.2 Å². The van der Waals surface area contributed by atoms with Crippen molar-refractivity contribution < 1.29 is 14.3 Å². The zero-order valence-corrected chi connectivity index (χ0v) is 11.1. The molecule has 0 rings (SSSR count). The van der Waals surface area contributed by atoms with Crippen molar-refractivity contribution in [2.24, 2.45) is 0 Å². The Morgan fingerprint density at radius 3 is 2.29 bits per heavy atom. The van der Waals surface area contributed by atoms with Crippen LogP contribution in [0.25, 0.3) is 0 Å². The molecule has 0 saturated carbocycles. The number of amides is 1. The topological polar surface area (TPSA) is 55.4 Å². The third kappa shape index (κ3) is 8.25. The second-order valence-corrected chi connectivity index (χ2v) is 4.65. The van der Waals surface area contributed by atoms with Crippen molar-refractivity contribution in [1.29, 1.82) is 0 Å². The van der Waals surface area contributed by atoms with E-state index in [4.69, 9.17) is 4.74 Å². The Hall–Kier alpha value is -1.58. The van der Waals surface area contributed by atoms with Gasteiger partial charge in [0.05, 0.1) is 0 Å². The first-order valence-corrected chi connectivity index (χ1v) is 5.59. The molecule has 1 N–H and O–H groups in total. The molecule has 4 nitrogen and oxygen atoms in total. The summed E-state index contributed by atoms with van der Waals surface area (Å²) >= 11 is 0. The standard InChI is InChI=1S/C13H21NO3/c1-6-7-8-9-11(15)14-10(2)12(16)17-13(3,4)5/h6-10H,1-5H3,(H,14,15)/b7-6+,9-8?/t10-/m1/s1. The van der Waals surface area contributed by atoms with Crippen LogP contribution in [0.5, 0.6) is 0 Å². The van der Waals surface area contributed by atoms with Crippen molar-refractivity contribution >= 4 is 11.9 Å². The summed E-state index contributed by atoms with van der Waals surface area (Å²) in [5, 5.41) is 2.53. The number of esters is 1. The molecule has 0 fully saturated rings. The number of ether oxygens (including phenoxy) is 1. The van der Waals surface area contributed by atoms with E-state index >= 15 is 0 Å². The lowest BCUT2D eigenvalue weighted by atomic mass is 10.2. The first-order chi connectivity index (χ1) is 7.76. The summed E-state index contributed by atoms with van der Waals surface area (Å²) in [5.74, 6) is -0.758. The van der Waals surface area contributed by atoms with Crippen LogP contribution in [-0.2, 0) is 14.3 Å². The fourth-order valence-electron chi connectivity index (χ4n) is 0.965. The van der Waals surface area contributed by atoms with Crippen LogP contribution in [0.2, 0.25) is 0 Å². The minimum Gasteiger partial charge on any atom is -0.458 e. The van der Waals surface area contributed by atoms with Crippen LogP contribution in [-0.4, -0.2) is 23.5 Å². The maximum absolute atomic E-state index is 11.5. The normalized spacial score (nSPS) is 13.9. The largest absolute Gasteiger partial charge is 0.458 e. The second kappa shape index (κ2) is 6.89. The first-order valence-electron chi connectivity index (χ1n) is 5.59. The van der Waals surface area contributed by atoms with Gasteiger partial charge >= 0.3 is 5.97 Å². The highest BCUT2D eigenvalue weighted by Gasteiger charge is 2.22. The molecule has 0 saturated heterocycles. The van der Waals surface area contributed by atoms with Gasteiger partial charge in [0.25, 0.3) is 0 Å². The molecule has 1 atom stereocenters. The minimum atomic E-state index is -0.656. The molecular weight excluding hydrogens is 218 g/mol. The third-order valence-corrected chi connectivity index (χ3v) is 1.67. The van der Waals surface area contributed by atoms with Gasteiger partial charge in [-0.25, -0.2) is 4.79 Å². The highest BCUT2D eigenvalue weighted by atomic mass is 16.6. The van der Waals surface area contributed by atoms with E-state index in [-0.39, 0.29) is 5.91 Å². The van der Waals surface area contributed by atoms with E-state index in [0.717, 1.165) is 0 Å². The predicted molar refractivity (Wildman–Crippen MR) is 67.4 cm³/mol. The quantitative estimate of drug-likeness (QED) is 0.463. The molecule has 0 aliphatic carbocycles. The molecule has 1 amide bonds.